The fraction of sp³-hybridized carbons (Fsp3) is 0.207. The van der Waals surface area contributed by atoms with E-state index in [1.54, 1.807) is 13.0 Å². The number of carbonyl (C=O) groups is 1. The maximum Gasteiger partial charge on any atom is 0.417 e. The van der Waals surface area contributed by atoms with Crippen molar-refractivity contribution in [3.05, 3.63) is 89.2 Å². The molecule has 3 aromatic carbocycles. The summed E-state index contributed by atoms with van der Waals surface area (Å²) < 4.78 is 66.5. The summed E-state index contributed by atoms with van der Waals surface area (Å²) in [5.41, 5.74) is 1.14. The van der Waals surface area contributed by atoms with Crippen molar-refractivity contribution in [3.63, 3.8) is 0 Å². The van der Waals surface area contributed by atoms with Crippen LogP contribution < -0.4 is 0 Å². The van der Waals surface area contributed by atoms with Gasteiger partial charge in [0.1, 0.15) is 5.82 Å². The number of fused-ring (bicyclic) bond motifs is 1. The van der Waals surface area contributed by atoms with Crippen LogP contribution in [0.4, 0.5) is 17.6 Å². The van der Waals surface area contributed by atoms with Gasteiger partial charge < -0.3 is 9.26 Å². The lowest BCUT2D eigenvalue weighted by Crippen LogP contribution is -2.08. The molecular weight excluding hydrogens is 500 g/mol. The number of hydrogen-bond acceptors (Lipinski definition) is 5. The minimum absolute atomic E-state index is 0.0148. The highest BCUT2D eigenvalue weighted by atomic mass is 19.4. The second-order valence-corrected chi connectivity index (χ2v) is 8.78. The average molecular weight is 522 g/mol. The number of halogens is 4. The molecule has 4 aromatic rings. The fourth-order valence-corrected chi connectivity index (χ4v) is 4.64. The summed E-state index contributed by atoms with van der Waals surface area (Å²) in [6, 6.07) is 14.4. The predicted octanol–water partition coefficient (Wildman–Crippen LogP) is 7.68. The van der Waals surface area contributed by atoms with Crippen molar-refractivity contribution in [2.45, 2.75) is 31.9 Å². The van der Waals surface area contributed by atoms with E-state index in [1.807, 2.05) is 24.3 Å². The molecule has 0 radical (unpaired) electrons. The molecule has 1 unspecified atom stereocenters. The Morgan fingerprint density at radius 3 is 2.58 bits per heavy atom. The molecule has 38 heavy (non-hydrogen) atoms. The molecule has 1 aromatic heterocycles. The Labute approximate surface area is 215 Å². The van der Waals surface area contributed by atoms with E-state index in [0.717, 1.165) is 23.3 Å². The van der Waals surface area contributed by atoms with Gasteiger partial charge in [0.2, 0.25) is 5.82 Å². The van der Waals surface area contributed by atoms with Crippen LogP contribution >= 0.6 is 0 Å². The molecule has 0 spiro atoms. The van der Waals surface area contributed by atoms with E-state index < -0.39 is 17.6 Å². The summed E-state index contributed by atoms with van der Waals surface area (Å²) in [7, 11) is 0. The molecular formula is C29H22F4N2O3. The Hall–Kier alpha value is -4.27. The van der Waals surface area contributed by atoms with Gasteiger partial charge in [0, 0.05) is 29.0 Å². The number of alkyl halides is 3. The van der Waals surface area contributed by atoms with Gasteiger partial charge in [-0.15, -0.1) is 0 Å². The van der Waals surface area contributed by atoms with Gasteiger partial charge in [0.25, 0.3) is 5.89 Å². The Morgan fingerprint density at radius 1 is 1.03 bits per heavy atom. The zero-order chi connectivity index (χ0) is 26.9. The number of nitrogens with zero attached hydrogens (tertiary/aromatic N) is 2. The van der Waals surface area contributed by atoms with Gasteiger partial charge in [-0.25, -0.2) is 4.39 Å². The molecule has 0 amide bonds. The predicted molar refractivity (Wildman–Crippen MR) is 133 cm³/mol. The van der Waals surface area contributed by atoms with Gasteiger partial charge in [-0.1, -0.05) is 59.8 Å². The van der Waals surface area contributed by atoms with Gasteiger partial charge in [-0.3, -0.25) is 4.79 Å². The zero-order valence-electron chi connectivity index (χ0n) is 20.3. The number of aromatic nitrogens is 2. The van der Waals surface area contributed by atoms with E-state index in [0.29, 0.717) is 18.6 Å². The van der Waals surface area contributed by atoms with Crippen molar-refractivity contribution in [2.24, 2.45) is 0 Å². The first kappa shape index (κ1) is 25.4. The van der Waals surface area contributed by atoms with Crippen molar-refractivity contribution >= 4 is 12.0 Å². The summed E-state index contributed by atoms with van der Waals surface area (Å²) in [6.07, 6.45) is 0.0359. The highest BCUT2D eigenvalue weighted by Gasteiger charge is 2.35. The lowest BCUT2D eigenvalue weighted by atomic mass is 9.94. The smallest absolute Gasteiger partial charge is 0.417 e. The first-order chi connectivity index (χ1) is 18.3. The van der Waals surface area contributed by atoms with Crippen LogP contribution in [0, 0.1) is 5.82 Å². The normalized spacial score (nSPS) is 14.5. The average Bonchev–Trinajstić information content (AvgIpc) is 3.55. The first-order valence-corrected chi connectivity index (χ1v) is 12.0. The van der Waals surface area contributed by atoms with Crippen LogP contribution in [-0.4, -0.2) is 22.7 Å². The molecule has 5 rings (SSSR count). The number of benzene rings is 3. The molecule has 0 bridgehead atoms. The van der Waals surface area contributed by atoms with E-state index in [9.17, 15) is 22.4 Å². The number of esters is 1. The van der Waals surface area contributed by atoms with E-state index in [2.05, 4.69) is 10.1 Å². The quantitative estimate of drug-likeness (QED) is 0.184. The largest absolute Gasteiger partial charge is 0.466 e. The molecule has 1 atom stereocenters. The van der Waals surface area contributed by atoms with Crippen molar-refractivity contribution in [3.8, 4) is 34.0 Å². The van der Waals surface area contributed by atoms with Crippen molar-refractivity contribution < 1.29 is 31.6 Å². The summed E-state index contributed by atoms with van der Waals surface area (Å²) >= 11 is 0. The van der Waals surface area contributed by atoms with Gasteiger partial charge >= 0.3 is 12.1 Å². The Morgan fingerprint density at radius 2 is 1.82 bits per heavy atom. The van der Waals surface area contributed by atoms with Crippen LogP contribution in [0.1, 0.15) is 42.4 Å². The molecule has 1 heterocycles. The van der Waals surface area contributed by atoms with Crippen LogP contribution in [0.2, 0.25) is 0 Å². The molecule has 5 nitrogen and oxygen atoms in total. The number of hydrogen-bond donors (Lipinski definition) is 0. The van der Waals surface area contributed by atoms with Gasteiger partial charge in [-0.05, 0) is 48.2 Å². The first-order valence-electron chi connectivity index (χ1n) is 12.0. The summed E-state index contributed by atoms with van der Waals surface area (Å²) in [5.74, 6) is -0.866. The van der Waals surface area contributed by atoms with E-state index >= 15 is 0 Å². The maximum atomic E-state index is 14.3. The number of carbonyl (C=O) groups excluding carboxylic acids is 1. The fourth-order valence-electron chi connectivity index (χ4n) is 4.64. The Balaban J connectivity index is 1.46. The van der Waals surface area contributed by atoms with Crippen LogP contribution in [0.5, 0.6) is 0 Å². The monoisotopic (exact) mass is 522 g/mol. The third kappa shape index (κ3) is 4.96. The molecule has 1 aliphatic rings. The number of allylic oxidation sites excluding steroid dienone is 1. The van der Waals surface area contributed by atoms with Crippen LogP contribution in [0.3, 0.4) is 0 Å². The van der Waals surface area contributed by atoms with Crippen molar-refractivity contribution in [1.82, 2.24) is 10.1 Å². The Kier molecular flexibility index (Phi) is 6.84. The summed E-state index contributed by atoms with van der Waals surface area (Å²) in [5, 5.41) is 4.02. The van der Waals surface area contributed by atoms with E-state index in [1.165, 1.54) is 30.3 Å². The maximum absolute atomic E-state index is 14.3. The second kappa shape index (κ2) is 10.2. The van der Waals surface area contributed by atoms with E-state index in [-0.39, 0.29) is 46.7 Å². The van der Waals surface area contributed by atoms with Crippen molar-refractivity contribution in [2.75, 3.05) is 6.61 Å². The molecule has 0 saturated heterocycles. The van der Waals surface area contributed by atoms with Gasteiger partial charge in [0.15, 0.2) is 0 Å². The van der Waals surface area contributed by atoms with E-state index in [4.69, 9.17) is 9.26 Å². The SMILES string of the molecule is CCOC(=O)CCC1C=Cc2c(-c3noc(-c4ccc(-c5ccccc5F)c(C(F)(F)F)c4)n3)cccc21. The third-order valence-corrected chi connectivity index (χ3v) is 6.40. The lowest BCUT2D eigenvalue weighted by Gasteiger charge is -2.14. The molecule has 194 valence electrons. The summed E-state index contributed by atoms with van der Waals surface area (Å²) in [6.45, 7) is 2.09. The van der Waals surface area contributed by atoms with Crippen LogP contribution in [-0.2, 0) is 15.7 Å². The van der Waals surface area contributed by atoms with Crippen LogP contribution in [0.25, 0.3) is 40.0 Å². The topological polar surface area (TPSA) is 65.2 Å². The number of rotatable bonds is 7. The molecule has 1 aliphatic carbocycles. The minimum atomic E-state index is -4.74. The molecule has 0 fully saturated rings. The molecule has 0 N–H and O–H groups in total. The molecule has 0 aliphatic heterocycles. The Bertz CT molecular complexity index is 1520. The van der Waals surface area contributed by atoms with Gasteiger partial charge in [0.05, 0.1) is 12.2 Å². The zero-order valence-corrected chi connectivity index (χ0v) is 20.3. The molecule has 9 heteroatoms. The third-order valence-electron chi connectivity index (χ3n) is 6.40. The highest BCUT2D eigenvalue weighted by molar-refractivity contribution is 5.79. The second-order valence-electron chi connectivity index (χ2n) is 8.78. The molecule has 0 saturated carbocycles. The van der Waals surface area contributed by atoms with Gasteiger partial charge in [-0.2, -0.15) is 18.2 Å². The van der Waals surface area contributed by atoms with Crippen molar-refractivity contribution in [1.29, 1.82) is 0 Å². The minimum Gasteiger partial charge on any atom is -0.466 e. The summed E-state index contributed by atoms with van der Waals surface area (Å²) in [4.78, 5) is 16.1. The van der Waals surface area contributed by atoms with Crippen LogP contribution in [0.15, 0.2) is 71.3 Å². The standard InChI is InChI=1S/C29H22F4N2O3/c1-2-37-26(36)15-12-17-10-13-20-19(17)7-5-8-23(20)27-34-28(38-35-27)18-11-14-21(24(16-18)29(31,32)33)22-6-3-4-9-25(22)30/h3-11,13-14,16-17H,2,12,15H2,1H3. The highest BCUT2D eigenvalue weighted by Crippen LogP contribution is 2.41. The number of ether oxygens (including phenoxy) is 1. The lowest BCUT2D eigenvalue weighted by molar-refractivity contribution is -0.143.